The Kier molecular flexibility index (Phi) is 4.15. The van der Waals surface area contributed by atoms with Crippen LogP contribution in [0, 0.1) is 11.7 Å². The molecule has 7 heteroatoms. The van der Waals surface area contributed by atoms with Crippen molar-refractivity contribution in [2.75, 3.05) is 0 Å². The molecule has 0 radical (unpaired) electrons. The van der Waals surface area contributed by atoms with E-state index >= 15 is 0 Å². The quantitative estimate of drug-likeness (QED) is 0.852. The Balaban J connectivity index is 2.83. The first kappa shape index (κ1) is 14.3. The molecule has 1 N–H and O–H groups in total. The summed E-state index contributed by atoms with van der Waals surface area (Å²) in [4.78, 5) is 10.6. The van der Waals surface area contributed by atoms with E-state index in [4.69, 9.17) is 5.11 Å². The number of aliphatic carboxylic acids is 1. The van der Waals surface area contributed by atoms with Gasteiger partial charge in [0.1, 0.15) is 0 Å². The predicted octanol–water partition coefficient (Wildman–Crippen LogP) is 2.99. The first-order valence-corrected chi connectivity index (χ1v) is 4.96. The van der Waals surface area contributed by atoms with E-state index in [-0.39, 0.29) is 12.0 Å². The molecule has 1 rings (SSSR count). The maximum absolute atomic E-state index is 13.3. The van der Waals surface area contributed by atoms with E-state index in [1.165, 1.54) is 13.0 Å². The van der Waals surface area contributed by atoms with Gasteiger partial charge >= 0.3 is 12.3 Å². The number of ether oxygens (including phenoxy) is 1. The molecule has 0 amide bonds. The lowest BCUT2D eigenvalue weighted by atomic mass is 10.0. The van der Waals surface area contributed by atoms with E-state index in [0.717, 1.165) is 12.1 Å². The maximum atomic E-state index is 13.3. The van der Waals surface area contributed by atoms with E-state index in [9.17, 15) is 22.4 Å². The van der Waals surface area contributed by atoms with Crippen molar-refractivity contribution in [1.29, 1.82) is 0 Å². The summed E-state index contributed by atoms with van der Waals surface area (Å²) in [5, 5.41) is 8.65. The minimum atomic E-state index is -4.96. The number of carboxylic acid groups (broad SMARTS) is 1. The number of halogens is 4. The zero-order valence-corrected chi connectivity index (χ0v) is 9.29. The van der Waals surface area contributed by atoms with Crippen molar-refractivity contribution in [3.05, 3.63) is 29.6 Å². The molecular formula is C11H10F4O3. The van der Waals surface area contributed by atoms with Crippen molar-refractivity contribution in [2.24, 2.45) is 5.92 Å². The zero-order chi connectivity index (χ0) is 13.9. The fourth-order valence-electron chi connectivity index (χ4n) is 1.32. The van der Waals surface area contributed by atoms with Crippen LogP contribution in [-0.4, -0.2) is 17.4 Å². The highest BCUT2D eigenvalue weighted by Crippen LogP contribution is 2.26. The van der Waals surface area contributed by atoms with Crippen molar-refractivity contribution >= 4 is 5.97 Å². The first-order chi connectivity index (χ1) is 8.19. The fraction of sp³-hybridized carbons (Fsp3) is 0.364. The van der Waals surface area contributed by atoms with Crippen molar-refractivity contribution in [3.63, 3.8) is 0 Å². The summed E-state index contributed by atoms with van der Waals surface area (Å²) in [6.45, 7) is 1.42. The molecule has 0 aliphatic carbocycles. The van der Waals surface area contributed by atoms with E-state index in [0.29, 0.717) is 0 Å². The number of carbonyl (C=O) groups is 1. The molecule has 0 saturated carbocycles. The molecule has 1 atom stereocenters. The van der Waals surface area contributed by atoms with Crippen LogP contribution in [0.15, 0.2) is 18.2 Å². The third kappa shape index (κ3) is 4.23. The van der Waals surface area contributed by atoms with Gasteiger partial charge in [-0.2, -0.15) is 0 Å². The van der Waals surface area contributed by atoms with Gasteiger partial charge < -0.3 is 9.84 Å². The number of alkyl halides is 3. The molecule has 0 bridgehead atoms. The topological polar surface area (TPSA) is 46.5 Å². The molecule has 1 aromatic carbocycles. The number of rotatable bonds is 4. The minimum Gasteiger partial charge on any atom is -0.481 e. The van der Waals surface area contributed by atoms with Gasteiger partial charge in [0.25, 0.3) is 0 Å². The summed E-state index contributed by atoms with van der Waals surface area (Å²) >= 11 is 0. The molecule has 0 aliphatic rings. The number of hydrogen-bond donors (Lipinski definition) is 1. The number of carboxylic acids is 1. The maximum Gasteiger partial charge on any atom is 0.573 e. The van der Waals surface area contributed by atoms with Crippen LogP contribution in [0.1, 0.15) is 12.5 Å². The van der Waals surface area contributed by atoms with Gasteiger partial charge in [-0.3, -0.25) is 4.79 Å². The average molecular weight is 266 g/mol. The lowest BCUT2D eigenvalue weighted by molar-refractivity contribution is -0.275. The largest absolute Gasteiger partial charge is 0.573 e. The molecular weight excluding hydrogens is 256 g/mol. The van der Waals surface area contributed by atoms with Gasteiger partial charge in [-0.25, -0.2) is 4.39 Å². The summed E-state index contributed by atoms with van der Waals surface area (Å²) in [6, 6.07) is 2.86. The van der Waals surface area contributed by atoms with E-state index in [1.54, 1.807) is 0 Å². The summed E-state index contributed by atoms with van der Waals surface area (Å²) in [5.41, 5.74) is 0.289. The molecule has 0 fully saturated rings. The van der Waals surface area contributed by atoms with Gasteiger partial charge in [-0.15, -0.1) is 13.2 Å². The van der Waals surface area contributed by atoms with Crippen LogP contribution in [0.4, 0.5) is 17.6 Å². The van der Waals surface area contributed by atoms with Gasteiger partial charge in [-0.05, 0) is 24.1 Å². The highest BCUT2D eigenvalue weighted by atomic mass is 19.4. The van der Waals surface area contributed by atoms with E-state index < -0.39 is 29.8 Å². The number of hydrogen-bond acceptors (Lipinski definition) is 2. The lowest BCUT2D eigenvalue weighted by Crippen LogP contribution is -2.18. The fourth-order valence-corrected chi connectivity index (χ4v) is 1.32. The van der Waals surface area contributed by atoms with Crippen molar-refractivity contribution < 1.29 is 32.2 Å². The molecule has 0 unspecified atom stereocenters. The van der Waals surface area contributed by atoms with Crippen LogP contribution in [-0.2, 0) is 11.2 Å². The summed E-state index contributed by atoms with van der Waals surface area (Å²) in [7, 11) is 0. The molecule has 0 aromatic heterocycles. The molecule has 0 aliphatic heterocycles. The van der Waals surface area contributed by atoms with Crippen molar-refractivity contribution in [3.8, 4) is 5.75 Å². The third-order valence-electron chi connectivity index (χ3n) is 2.19. The Bertz CT molecular complexity index is 442. The van der Waals surface area contributed by atoms with Gasteiger partial charge in [0.2, 0.25) is 0 Å². The summed E-state index contributed by atoms with van der Waals surface area (Å²) in [6.07, 6.45) is -4.94. The highest BCUT2D eigenvalue weighted by Gasteiger charge is 2.32. The zero-order valence-electron chi connectivity index (χ0n) is 9.29. The van der Waals surface area contributed by atoms with Gasteiger partial charge in [-0.1, -0.05) is 13.0 Å². The van der Waals surface area contributed by atoms with Crippen LogP contribution >= 0.6 is 0 Å². The molecule has 0 heterocycles. The molecule has 3 nitrogen and oxygen atoms in total. The van der Waals surface area contributed by atoms with Crippen LogP contribution in [0.2, 0.25) is 0 Å². The number of benzene rings is 1. The van der Waals surface area contributed by atoms with E-state index in [1.807, 2.05) is 0 Å². The second-order valence-electron chi connectivity index (χ2n) is 3.76. The smallest absolute Gasteiger partial charge is 0.481 e. The van der Waals surface area contributed by atoms with Crippen LogP contribution in [0.5, 0.6) is 5.75 Å². The second-order valence-corrected chi connectivity index (χ2v) is 3.76. The Labute approximate surface area is 100.0 Å². The summed E-state index contributed by atoms with van der Waals surface area (Å²) in [5.74, 6) is -3.93. The van der Waals surface area contributed by atoms with Crippen LogP contribution < -0.4 is 4.74 Å². The SMILES string of the molecule is C[C@H](Cc1ccc(OC(F)(F)F)c(F)c1)C(=O)O. The molecule has 1 aromatic rings. The van der Waals surface area contributed by atoms with E-state index in [2.05, 4.69) is 4.74 Å². The molecule has 0 saturated heterocycles. The Hall–Kier alpha value is -1.79. The Morgan fingerprint density at radius 3 is 2.50 bits per heavy atom. The van der Waals surface area contributed by atoms with Crippen LogP contribution in [0.25, 0.3) is 0 Å². The Morgan fingerprint density at radius 2 is 2.06 bits per heavy atom. The van der Waals surface area contributed by atoms with Crippen molar-refractivity contribution in [2.45, 2.75) is 19.7 Å². The highest BCUT2D eigenvalue weighted by molar-refractivity contribution is 5.69. The van der Waals surface area contributed by atoms with Gasteiger partial charge in [0, 0.05) is 0 Å². The van der Waals surface area contributed by atoms with Gasteiger partial charge in [0.05, 0.1) is 5.92 Å². The minimum absolute atomic E-state index is 0.0263. The molecule has 0 spiro atoms. The average Bonchev–Trinajstić information content (AvgIpc) is 2.20. The lowest BCUT2D eigenvalue weighted by Gasteiger charge is -2.11. The standard InChI is InChI=1S/C11H10F4O3/c1-6(10(16)17)4-7-2-3-9(8(12)5-7)18-11(13,14)15/h2-3,5-6H,4H2,1H3,(H,16,17)/t6-/m1/s1. The monoisotopic (exact) mass is 266 g/mol. The first-order valence-electron chi connectivity index (χ1n) is 4.96. The molecule has 18 heavy (non-hydrogen) atoms. The summed E-state index contributed by atoms with van der Waals surface area (Å²) < 4.78 is 52.3. The second kappa shape index (κ2) is 5.24. The molecule has 100 valence electrons. The third-order valence-corrected chi connectivity index (χ3v) is 2.19. The predicted molar refractivity (Wildman–Crippen MR) is 53.6 cm³/mol. The van der Waals surface area contributed by atoms with Crippen LogP contribution in [0.3, 0.4) is 0 Å². The normalized spacial score (nSPS) is 13.2. The van der Waals surface area contributed by atoms with Gasteiger partial charge in [0.15, 0.2) is 11.6 Å². The van der Waals surface area contributed by atoms with Crippen molar-refractivity contribution in [1.82, 2.24) is 0 Å². The Morgan fingerprint density at radius 1 is 1.44 bits per heavy atom.